The molecule has 21 heavy (non-hydrogen) atoms. The number of benzene rings is 1. The Morgan fingerprint density at radius 1 is 1.33 bits per heavy atom. The van der Waals surface area contributed by atoms with Gasteiger partial charge in [0.1, 0.15) is 16.8 Å². The van der Waals surface area contributed by atoms with Crippen molar-refractivity contribution in [2.24, 2.45) is 0 Å². The number of hydrogen-bond donors (Lipinski definition) is 1. The third-order valence-electron chi connectivity index (χ3n) is 3.04. The SMILES string of the molecule is CCc1c(-c2ccc(F)c(C(F)(F)F)c2)sc(C#N)c1N. The molecule has 0 radical (unpaired) electrons. The van der Waals surface area contributed by atoms with Gasteiger partial charge in [0.2, 0.25) is 0 Å². The lowest BCUT2D eigenvalue weighted by atomic mass is 10.0. The molecule has 0 aliphatic heterocycles. The predicted octanol–water partition coefficient (Wildman–Crippen LogP) is 4.59. The number of thiophene rings is 1. The van der Waals surface area contributed by atoms with E-state index in [0.717, 1.165) is 23.5 Å². The Morgan fingerprint density at radius 3 is 2.52 bits per heavy atom. The molecule has 0 aliphatic carbocycles. The Labute approximate surface area is 122 Å². The molecule has 2 rings (SSSR count). The number of nitrogens with zero attached hydrogens (tertiary/aromatic N) is 1. The Kier molecular flexibility index (Phi) is 3.92. The maximum Gasteiger partial charge on any atom is 0.419 e. The first-order valence-corrected chi connectivity index (χ1v) is 6.79. The van der Waals surface area contributed by atoms with Crippen molar-refractivity contribution < 1.29 is 17.6 Å². The van der Waals surface area contributed by atoms with E-state index < -0.39 is 17.6 Å². The van der Waals surface area contributed by atoms with Crippen LogP contribution in [-0.4, -0.2) is 0 Å². The Bertz CT molecular complexity index is 726. The fraction of sp³-hybridized carbons (Fsp3) is 0.214. The lowest BCUT2D eigenvalue weighted by molar-refractivity contribution is -0.139. The lowest BCUT2D eigenvalue weighted by Gasteiger charge is -2.10. The van der Waals surface area contributed by atoms with Crippen LogP contribution in [0.3, 0.4) is 0 Å². The van der Waals surface area contributed by atoms with Gasteiger partial charge in [-0.15, -0.1) is 11.3 Å². The summed E-state index contributed by atoms with van der Waals surface area (Å²) >= 11 is 1.01. The molecular formula is C14H10F4N2S. The van der Waals surface area contributed by atoms with Crippen molar-refractivity contribution in [2.75, 3.05) is 5.73 Å². The molecule has 0 unspecified atom stereocenters. The molecule has 7 heteroatoms. The molecule has 0 saturated heterocycles. The monoisotopic (exact) mass is 314 g/mol. The van der Waals surface area contributed by atoms with E-state index in [1.54, 1.807) is 6.92 Å². The Morgan fingerprint density at radius 2 is 2.00 bits per heavy atom. The van der Waals surface area contributed by atoms with Gasteiger partial charge in [0, 0.05) is 4.88 Å². The standard InChI is InChI=1S/C14H10F4N2S/c1-2-8-12(20)11(6-19)21-13(8)7-3-4-10(15)9(5-7)14(16,17)18/h3-5H,2,20H2,1H3. The van der Waals surface area contributed by atoms with Gasteiger partial charge in [-0.25, -0.2) is 4.39 Å². The van der Waals surface area contributed by atoms with Crippen LogP contribution in [0.5, 0.6) is 0 Å². The highest BCUT2D eigenvalue weighted by Gasteiger charge is 2.34. The fourth-order valence-corrected chi connectivity index (χ4v) is 3.13. The average molecular weight is 314 g/mol. The van der Waals surface area contributed by atoms with Crippen LogP contribution in [-0.2, 0) is 12.6 Å². The van der Waals surface area contributed by atoms with Crippen LogP contribution in [0.15, 0.2) is 18.2 Å². The topological polar surface area (TPSA) is 49.8 Å². The Balaban J connectivity index is 2.66. The number of halogens is 4. The molecule has 0 bridgehead atoms. The third kappa shape index (κ3) is 2.72. The molecule has 2 N–H and O–H groups in total. The minimum absolute atomic E-state index is 0.207. The second-order valence-electron chi connectivity index (χ2n) is 4.31. The van der Waals surface area contributed by atoms with Gasteiger partial charge in [-0.1, -0.05) is 13.0 Å². The minimum Gasteiger partial charge on any atom is -0.397 e. The molecule has 0 saturated carbocycles. The van der Waals surface area contributed by atoms with Gasteiger partial charge in [-0.05, 0) is 29.7 Å². The molecule has 0 amide bonds. The fourth-order valence-electron chi connectivity index (χ4n) is 2.03. The Hall–Kier alpha value is -2.07. The lowest BCUT2D eigenvalue weighted by Crippen LogP contribution is -2.08. The number of hydrogen-bond acceptors (Lipinski definition) is 3. The van der Waals surface area contributed by atoms with Gasteiger partial charge in [0.15, 0.2) is 0 Å². The van der Waals surface area contributed by atoms with Crippen LogP contribution in [0.2, 0.25) is 0 Å². The first-order valence-electron chi connectivity index (χ1n) is 5.98. The summed E-state index contributed by atoms with van der Waals surface area (Å²) in [6, 6.07) is 4.70. The summed E-state index contributed by atoms with van der Waals surface area (Å²) in [6.45, 7) is 1.79. The number of alkyl halides is 3. The summed E-state index contributed by atoms with van der Waals surface area (Å²) in [5, 5.41) is 8.97. The van der Waals surface area contributed by atoms with Crippen LogP contribution in [0.1, 0.15) is 22.9 Å². The highest BCUT2D eigenvalue weighted by molar-refractivity contribution is 7.16. The largest absolute Gasteiger partial charge is 0.419 e. The van der Waals surface area contributed by atoms with Gasteiger partial charge >= 0.3 is 6.18 Å². The number of nitriles is 1. The average Bonchev–Trinajstić information content (AvgIpc) is 2.74. The van der Waals surface area contributed by atoms with Crippen molar-refractivity contribution in [1.29, 1.82) is 5.26 Å². The second-order valence-corrected chi connectivity index (χ2v) is 5.33. The van der Waals surface area contributed by atoms with Crippen LogP contribution < -0.4 is 5.73 Å². The van der Waals surface area contributed by atoms with Gasteiger partial charge in [-0.3, -0.25) is 0 Å². The van der Waals surface area contributed by atoms with E-state index in [-0.39, 0.29) is 16.1 Å². The van der Waals surface area contributed by atoms with Crippen LogP contribution in [0.25, 0.3) is 10.4 Å². The zero-order valence-corrected chi connectivity index (χ0v) is 11.7. The van der Waals surface area contributed by atoms with Crippen molar-refractivity contribution in [2.45, 2.75) is 19.5 Å². The number of nitrogens with two attached hydrogens (primary N) is 1. The molecule has 1 aromatic heterocycles. The molecule has 1 heterocycles. The van der Waals surface area contributed by atoms with Gasteiger partial charge in [-0.2, -0.15) is 18.4 Å². The molecular weight excluding hydrogens is 304 g/mol. The first kappa shape index (κ1) is 15.3. The normalized spacial score (nSPS) is 11.4. The van der Waals surface area contributed by atoms with Crippen LogP contribution >= 0.6 is 11.3 Å². The zero-order chi connectivity index (χ0) is 15.8. The smallest absolute Gasteiger partial charge is 0.397 e. The molecule has 0 spiro atoms. The zero-order valence-electron chi connectivity index (χ0n) is 10.9. The molecule has 2 nitrogen and oxygen atoms in total. The van der Waals surface area contributed by atoms with Gasteiger partial charge in [0.25, 0.3) is 0 Å². The van der Waals surface area contributed by atoms with E-state index in [1.165, 1.54) is 6.07 Å². The van der Waals surface area contributed by atoms with E-state index in [0.29, 0.717) is 16.9 Å². The highest BCUT2D eigenvalue weighted by Crippen LogP contribution is 2.41. The summed E-state index contributed by atoms with van der Waals surface area (Å²) in [6.07, 6.45) is -4.30. The van der Waals surface area contributed by atoms with E-state index in [1.807, 2.05) is 6.07 Å². The van der Waals surface area contributed by atoms with Crippen molar-refractivity contribution in [1.82, 2.24) is 0 Å². The second kappa shape index (κ2) is 5.37. The summed E-state index contributed by atoms with van der Waals surface area (Å²) in [5.74, 6) is -1.32. The molecule has 2 aromatic rings. The molecule has 0 atom stereocenters. The first-order chi connectivity index (χ1) is 9.79. The molecule has 0 fully saturated rings. The number of rotatable bonds is 2. The summed E-state index contributed by atoms with van der Waals surface area (Å²) in [7, 11) is 0. The quantitative estimate of drug-likeness (QED) is 0.824. The summed E-state index contributed by atoms with van der Waals surface area (Å²) in [4.78, 5) is 0.719. The van der Waals surface area contributed by atoms with Crippen molar-refractivity contribution in [3.63, 3.8) is 0 Å². The number of anilines is 1. The van der Waals surface area contributed by atoms with E-state index >= 15 is 0 Å². The van der Waals surface area contributed by atoms with Gasteiger partial charge < -0.3 is 5.73 Å². The van der Waals surface area contributed by atoms with Crippen molar-refractivity contribution in [3.8, 4) is 16.5 Å². The predicted molar refractivity (Wildman–Crippen MR) is 73.2 cm³/mol. The molecule has 1 aromatic carbocycles. The van der Waals surface area contributed by atoms with E-state index in [2.05, 4.69) is 0 Å². The summed E-state index contributed by atoms with van der Waals surface area (Å²) in [5.41, 5.74) is 5.57. The van der Waals surface area contributed by atoms with E-state index in [4.69, 9.17) is 11.0 Å². The maximum atomic E-state index is 13.3. The molecule has 0 aliphatic rings. The minimum atomic E-state index is -4.77. The van der Waals surface area contributed by atoms with Gasteiger partial charge in [0.05, 0.1) is 11.3 Å². The van der Waals surface area contributed by atoms with Crippen LogP contribution in [0.4, 0.5) is 23.2 Å². The summed E-state index contributed by atoms with van der Waals surface area (Å²) < 4.78 is 51.6. The number of nitrogen functional groups attached to an aromatic ring is 1. The van der Waals surface area contributed by atoms with Crippen LogP contribution in [0, 0.1) is 17.1 Å². The van der Waals surface area contributed by atoms with Crippen molar-refractivity contribution in [3.05, 3.63) is 40.0 Å². The highest BCUT2D eigenvalue weighted by atomic mass is 32.1. The molecule has 110 valence electrons. The maximum absolute atomic E-state index is 13.3. The third-order valence-corrected chi connectivity index (χ3v) is 4.24. The van der Waals surface area contributed by atoms with Crippen molar-refractivity contribution >= 4 is 17.0 Å². The van der Waals surface area contributed by atoms with E-state index in [9.17, 15) is 17.6 Å².